The summed E-state index contributed by atoms with van der Waals surface area (Å²) in [6.45, 7) is 2.35. The molecule has 0 radical (unpaired) electrons. The fourth-order valence-corrected chi connectivity index (χ4v) is 2.24. The molecule has 0 bridgehead atoms. The van der Waals surface area contributed by atoms with Gasteiger partial charge in [-0.25, -0.2) is 8.78 Å². The number of hydrogen-bond acceptors (Lipinski definition) is 1. The molecular weight excluding hydrogens is 272 g/mol. The van der Waals surface area contributed by atoms with E-state index < -0.39 is 23.1 Å². The van der Waals surface area contributed by atoms with E-state index in [1.54, 1.807) is 0 Å². The van der Waals surface area contributed by atoms with Gasteiger partial charge in [-0.2, -0.15) is 0 Å². The highest BCUT2D eigenvalue weighted by Gasteiger charge is 2.18. The molecule has 1 atom stereocenters. The van der Waals surface area contributed by atoms with E-state index in [1.807, 2.05) is 37.3 Å². The Morgan fingerprint density at radius 1 is 1.05 bits per heavy atom. The van der Waals surface area contributed by atoms with Gasteiger partial charge in [-0.05, 0) is 24.1 Å². The molecule has 0 saturated heterocycles. The first-order chi connectivity index (χ1) is 10.1. The molecule has 1 unspecified atom stereocenters. The molecule has 0 spiro atoms. The molecule has 0 aromatic heterocycles. The second-order valence-corrected chi connectivity index (χ2v) is 4.82. The van der Waals surface area contributed by atoms with Gasteiger partial charge in [-0.15, -0.1) is 0 Å². The zero-order valence-corrected chi connectivity index (χ0v) is 11.8. The number of benzene rings is 2. The molecule has 0 aliphatic rings. The quantitative estimate of drug-likeness (QED) is 0.889. The first kappa shape index (κ1) is 15.2. The molecule has 0 aliphatic heterocycles. The van der Waals surface area contributed by atoms with Crippen LogP contribution in [-0.4, -0.2) is 12.5 Å². The van der Waals surface area contributed by atoms with Crippen molar-refractivity contribution in [3.05, 3.63) is 71.3 Å². The maximum absolute atomic E-state index is 13.5. The number of carbonyl (C=O) groups is 1. The number of carbonyl (C=O) groups excluding carboxylic acids is 1. The summed E-state index contributed by atoms with van der Waals surface area (Å²) in [5.41, 5.74) is 0.565. The first-order valence-corrected chi connectivity index (χ1v) is 6.90. The highest BCUT2D eigenvalue weighted by Crippen LogP contribution is 2.18. The van der Waals surface area contributed by atoms with E-state index in [0.29, 0.717) is 6.54 Å². The second-order valence-electron chi connectivity index (χ2n) is 4.82. The van der Waals surface area contributed by atoms with Crippen molar-refractivity contribution in [1.29, 1.82) is 0 Å². The van der Waals surface area contributed by atoms with Crippen LogP contribution in [0.15, 0.2) is 48.5 Å². The van der Waals surface area contributed by atoms with Gasteiger partial charge in [0.05, 0.1) is 0 Å². The molecule has 0 saturated carbocycles. The lowest BCUT2D eigenvalue weighted by Crippen LogP contribution is -2.29. The standard InChI is InChI=1S/C17H17F2NO/c1-2-12(13-7-4-3-5-8-13)11-20-17(21)16-14(18)9-6-10-15(16)19/h3-10,12H,2,11H2,1H3,(H,20,21). The van der Waals surface area contributed by atoms with E-state index in [0.717, 1.165) is 24.1 Å². The molecule has 2 aromatic carbocycles. The predicted molar refractivity (Wildman–Crippen MR) is 78.2 cm³/mol. The van der Waals surface area contributed by atoms with Crippen LogP contribution in [-0.2, 0) is 0 Å². The lowest BCUT2D eigenvalue weighted by Gasteiger charge is -2.16. The summed E-state index contributed by atoms with van der Waals surface area (Å²) in [5.74, 6) is -2.30. The van der Waals surface area contributed by atoms with Crippen LogP contribution in [0.3, 0.4) is 0 Å². The Morgan fingerprint density at radius 3 is 2.24 bits per heavy atom. The van der Waals surface area contributed by atoms with Crippen LogP contribution in [0.1, 0.15) is 35.2 Å². The second kappa shape index (κ2) is 6.97. The Labute approximate surface area is 122 Å². The summed E-state index contributed by atoms with van der Waals surface area (Å²) in [6.07, 6.45) is 0.823. The number of hydrogen-bond donors (Lipinski definition) is 1. The van der Waals surface area contributed by atoms with Gasteiger partial charge >= 0.3 is 0 Å². The van der Waals surface area contributed by atoms with Gasteiger partial charge in [0.1, 0.15) is 17.2 Å². The lowest BCUT2D eigenvalue weighted by atomic mass is 9.96. The third kappa shape index (κ3) is 3.66. The third-order valence-electron chi connectivity index (χ3n) is 3.46. The predicted octanol–water partition coefficient (Wildman–Crippen LogP) is 3.89. The largest absolute Gasteiger partial charge is 0.351 e. The summed E-state index contributed by atoms with van der Waals surface area (Å²) < 4.78 is 27.1. The fraction of sp³-hybridized carbons (Fsp3) is 0.235. The Bertz CT molecular complexity index is 593. The van der Waals surface area contributed by atoms with E-state index in [-0.39, 0.29) is 5.92 Å². The summed E-state index contributed by atoms with van der Waals surface area (Å²) in [6, 6.07) is 13.1. The Morgan fingerprint density at radius 2 is 1.67 bits per heavy atom. The molecule has 110 valence electrons. The first-order valence-electron chi connectivity index (χ1n) is 6.90. The Balaban J connectivity index is 2.07. The van der Waals surface area contributed by atoms with Crippen molar-refractivity contribution in [3.8, 4) is 0 Å². The minimum absolute atomic E-state index is 0.116. The van der Waals surface area contributed by atoms with Crippen molar-refractivity contribution >= 4 is 5.91 Å². The summed E-state index contributed by atoms with van der Waals surface area (Å²) in [7, 11) is 0. The highest BCUT2D eigenvalue weighted by molar-refractivity contribution is 5.94. The topological polar surface area (TPSA) is 29.1 Å². The van der Waals surface area contributed by atoms with Crippen LogP contribution in [0.2, 0.25) is 0 Å². The Hall–Kier alpha value is -2.23. The lowest BCUT2D eigenvalue weighted by molar-refractivity contribution is 0.0942. The normalized spacial score (nSPS) is 12.0. The number of amides is 1. The van der Waals surface area contributed by atoms with Crippen LogP contribution < -0.4 is 5.32 Å². The maximum Gasteiger partial charge on any atom is 0.257 e. The third-order valence-corrected chi connectivity index (χ3v) is 3.46. The molecule has 4 heteroatoms. The fourth-order valence-electron chi connectivity index (χ4n) is 2.24. The van der Waals surface area contributed by atoms with Crippen LogP contribution in [0, 0.1) is 11.6 Å². The van der Waals surface area contributed by atoms with E-state index in [9.17, 15) is 13.6 Å². The van der Waals surface area contributed by atoms with Gasteiger partial charge in [0.15, 0.2) is 0 Å². The van der Waals surface area contributed by atoms with Crippen LogP contribution in [0.5, 0.6) is 0 Å². The van der Waals surface area contributed by atoms with Gasteiger partial charge in [0.2, 0.25) is 0 Å². The number of halogens is 2. The SMILES string of the molecule is CCC(CNC(=O)c1c(F)cccc1F)c1ccccc1. The van der Waals surface area contributed by atoms with Crippen LogP contribution >= 0.6 is 0 Å². The minimum atomic E-state index is -0.847. The zero-order chi connectivity index (χ0) is 15.2. The van der Waals surface area contributed by atoms with Crippen LogP contribution in [0.4, 0.5) is 8.78 Å². The van der Waals surface area contributed by atoms with E-state index >= 15 is 0 Å². The minimum Gasteiger partial charge on any atom is -0.351 e. The van der Waals surface area contributed by atoms with Gasteiger partial charge < -0.3 is 5.32 Å². The van der Waals surface area contributed by atoms with Gasteiger partial charge in [-0.3, -0.25) is 4.79 Å². The summed E-state index contributed by atoms with van der Waals surface area (Å²) in [5, 5.41) is 2.61. The molecule has 21 heavy (non-hydrogen) atoms. The van der Waals surface area contributed by atoms with Crippen LogP contribution in [0.25, 0.3) is 0 Å². The number of nitrogens with one attached hydrogen (secondary N) is 1. The summed E-state index contributed by atoms with van der Waals surface area (Å²) in [4.78, 5) is 11.9. The molecule has 1 amide bonds. The molecule has 2 nitrogen and oxygen atoms in total. The maximum atomic E-state index is 13.5. The molecule has 0 fully saturated rings. The smallest absolute Gasteiger partial charge is 0.257 e. The van der Waals surface area contributed by atoms with Crippen molar-refractivity contribution in [2.24, 2.45) is 0 Å². The van der Waals surface area contributed by atoms with Crippen molar-refractivity contribution in [1.82, 2.24) is 5.32 Å². The van der Waals surface area contributed by atoms with Crippen molar-refractivity contribution in [3.63, 3.8) is 0 Å². The zero-order valence-electron chi connectivity index (χ0n) is 11.8. The molecular formula is C17H17F2NO. The highest BCUT2D eigenvalue weighted by atomic mass is 19.1. The van der Waals surface area contributed by atoms with E-state index in [2.05, 4.69) is 5.32 Å². The average molecular weight is 289 g/mol. The molecule has 2 aromatic rings. The summed E-state index contributed by atoms with van der Waals surface area (Å²) >= 11 is 0. The van der Waals surface area contributed by atoms with E-state index in [1.165, 1.54) is 6.07 Å². The van der Waals surface area contributed by atoms with Crippen molar-refractivity contribution in [2.45, 2.75) is 19.3 Å². The molecule has 0 aliphatic carbocycles. The Kier molecular flexibility index (Phi) is 5.04. The van der Waals surface area contributed by atoms with Gasteiger partial charge in [0, 0.05) is 12.5 Å². The van der Waals surface area contributed by atoms with E-state index in [4.69, 9.17) is 0 Å². The molecule has 0 heterocycles. The monoisotopic (exact) mass is 289 g/mol. The van der Waals surface area contributed by atoms with Crippen molar-refractivity contribution in [2.75, 3.05) is 6.54 Å². The van der Waals surface area contributed by atoms with Gasteiger partial charge in [0.25, 0.3) is 5.91 Å². The van der Waals surface area contributed by atoms with Crippen molar-refractivity contribution < 1.29 is 13.6 Å². The number of rotatable bonds is 5. The average Bonchev–Trinajstić information content (AvgIpc) is 2.49. The molecule has 1 N–H and O–H groups in total. The molecule has 2 rings (SSSR count). The van der Waals surface area contributed by atoms with Gasteiger partial charge in [-0.1, -0.05) is 43.3 Å².